The van der Waals surface area contributed by atoms with Crippen LogP contribution >= 0.6 is 0 Å². The second kappa shape index (κ2) is 9.81. The van der Waals surface area contributed by atoms with Crippen LogP contribution < -0.4 is 14.2 Å². The Morgan fingerprint density at radius 3 is 2.25 bits per heavy atom. The number of nitrogens with zero attached hydrogens (tertiary/aromatic N) is 1. The molecule has 1 fully saturated rings. The van der Waals surface area contributed by atoms with E-state index < -0.39 is 9.84 Å². The number of carbonyl (C=O) groups excluding carboxylic acids is 1. The van der Waals surface area contributed by atoms with Gasteiger partial charge in [0.1, 0.15) is 5.75 Å². The number of aryl methyl sites for hydroxylation is 3. The molecule has 0 aliphatic carbocycles. The summed E-state index contributed by atoms with van der Waals surface area (Å²) in [6.07, 6.45) is 0.421. The second-order valence-electron chi connectivity index (χ2n) is 8.28. The third-order valence-electron chi connectivity index (χ3n) is 5.72. The Morgan fingerprint density at radius 2 is 1.69 bits per heavy atom. The summed E-state index contributed by atoms with van der Waals surface area (Å²) in [5.41, 5.74) is 3.88. The largest absolute Gasteiger partial charge is 0.493 e. The molecule has 0 radical (unpaired) electrons. The molecule has 3 rings (SSSR count). The average molecular weight is 462 g/mol. The lowest BCUT2D eigenvalue weighted by Crippen LogP contribution is -2.43. The van der Waals surface area contributed by atoms with Gasteiger partial charge in [0.25, 0.3) is 5.91 Å². The first-order chi connectivity index (χ1) is 15.1. The first kappa shape index (κ1) is 23.9. The maximum Gasteiger partial charge on any atom is 0.261 e. The maximum absolute atomic E-state index is 13.2. The fourth-order valence-electron chi connectivity index (χ4n) is 4.23. The van der Waals surface area contributed by atoms with Crippen molar-refractivity contribution in [2.24, 2.45) is 0 Å². The standard InChI is InChI=1S/C24H31NO6S/c1-16-10-17(2)24(18(3)11-16)31-14-23(26)25(20-8-9-32(27,28)15-20)13-19-6-7-21(29-4)22(12-19)30-5/h6-7,10-12,20H,8-9,13-15H2,1-5H3/t20-/m1/s1. The minimum Gasteiger partial charge on any atom is -0.493 e. The van der Waals surface area contributed by atoms with E-state index in [0.29, 0.717) is 23.7 Å². The number of benzene rings is 2. The van der Waals surface area contributed by atoms with E-state index in [2.05, 4.69) is 0 Å². The molecule has 1 saturated heterocycles. The number of hydrogen-bond donors (Lipinski definition) is 0. The fraction of sp³-hybridized carbons (Fsp3) is 0.458. The molecule has 2 aromatic carbocycles. The first-order valence-electron chi connectivity index (χ1n) is 10.5. The molecule has 1 atom stereocenters. The molecule has 0 aromatic heterocycles. The van der Waals surface area contributed by atoms with Crippen LogP contribution in [0.2, 0.25) is 0 Å². The minimum atomic E-state index is -3.15. The van der Waals surface area contributed by atoms with Crippen LogP contribution in [0.3, 0.4) is 0 Å². The van der Waals surface area contributed by atoms with Crippen LogP contribution in [-0.4, -0.2) is 57.6 Å². The highest BCUT2D eigenvalue weighted by Gasteiger charge is 2.35. The van der Waals surface area contributed by atoms with E-state index in [1.54, 1.807) is 31.3 Å². The van der Waals surface area contributed by atoms with Gasteiger partial charge >= 0.3 is 0 Å². The molecule has 1 aliphatic heterocycles. The Morgan fingerprint density at radius 1 is 1.03 bits per heavy atom. The number of rotatable bonds is 8. The molecule has 32 heavy (non-hydrogen) atoms. The predicted octanol–water partition coefficient (Wildman–Crippen LogP) is 3.22. The van der Waals surface area contributed by atoms with E-state index in [1.807, 2.05) is 39.0 Å². The van der Waals surface area contributed by atoms with Crippen LogP contribution in [0.4, 0.5) is 0 Å². The van der Waals surface area contributed by atoms with Crippen molar-refractivity contribution in [3.8, 4) is 17.2 Å². The number of ether oxygens (including phenoxy) is 3. The predicted molar refractivity (Wildman–Crippen MR) is 123 cm³/mol. The zero-order chi connectivity index (χ0) is 23.5. The van der Waals surface area contributed by atoms with Crippen LogP contribution in [0, 0.1) is 20.8 Å². The van der Waals surface area contributed by atoms with Crippen LogP contribution in [-0.2, 0) is 21.2 Å². The van der Waals surface area contributed by atoms with Gasteiger partial charge in [0.15, 0.2) is 27.9 Å². The van der Waals surface area contributed by atoms with Crippen LogP contribution in [0.1, 0.15) is 28.7 Å². The van der Waals surface area contributed by atoms with Gasteiger partial charge in [-0.2, -0.15) is 0 Å². The van der Waals surface area contributed by atoms with Gasteiger partial charge in [-0.25, -0.2) is 8.42 Å². The summed E-state index contributed by atoms with van der Waals surface area (Å²) >= 11 is 0. The molecule has 0 spiro atoms. The van der Waals surface area contributed by atoms with E-state index in [-0.39, 0.29) is 36.6 Å². The van der Waals surface area contributed by atoms with Gasteiger partial charge in [-0.05, 0) is 56.0 Å². The Bertz CT molecular complexity index is 1070. The topological polar surface area (TPSA) is 82.1 Å². The van der Waals surface area contributed by atoms with Crippen molar-refractivity contribution in [3.05, 3.63) is 52.6 Å². The Kier molecular flexibility index (Phi) is 7.33. The van der Waals surface area contributed by atoms with E-state index in [9.17, 15) is 13.2 Å². The minimum absolute atomic E-state index is 0.0331. The van der Waals surface area contributed by atoms with Gasteiger partial charge in [-0.3, -0.25) is 4.79 Å². The smallest absolute Gasteiger partial charge is 0.261 e. The van der Waals surface area contributed by atoms with Gasteiger partial charge in [0.05, 0.1) is 25.7 Å². The van der Waals surface area contributed by atoms with Crippen molar-refractivity contribution in [3.63, 3.8) is 0 Å². The molecule has 1 amide bonds. The summed E-state index contributed by atoms with van der Waals surface area (Å²) in [4.78, 5) is 14.9. The summed E-state index contributed by atoms with van der Waals surface area (Å²) in [7, 11) is -0.0460. The number of methoxy groups -OCH3 is 2. The third kappa shape index (κ3) is 5.54. The fourth-order valence-corrected chi connectivity index (χ4v) is 5.96. The first-order valence-corrected chi connectivity index (χ1v) is 12.4. The molecule has 0 N–H and O–H groups in total. The second-order valence-corrected chi connectivity index (χ2v) is 10.5. The number of hydrogen-bond acceptors (Lipinski definition) is 6. The summed E-state index contributed by atoms with van der Waals surface area (Å²) < 4.78 is 40.8. The molecular formula is C24H31NO6S. The Labute approximate surface area is 190 Å². The molecule has 1 heterocycles. The zero-order valence-corrected chi connectivity index (χ0v) is 20.1. The van der Waals surface area contributed by atoms with Crippen molar-refractivity contribution in [1.82, 2.24) is 4.90 Å². The van der Waals surface area contributed by atoms with Gasteiger partial charge in [0, 0.05) is 12.6 Å². The number of sulfone groups is 1. The van der Waals surface area contributed by atoms with Crippen molar-refractivity contribution in [2.75, 3.05) is 32.3 Å². The van der Waals surface area contributed by atoms with Gasteiger partial charge in [-0.15, -0.1) is 0 Å². The summed E-state index contributed by atoms with van der Waals surface area (Å²) in [5, 5.41) is 0. The van der Waals surface area contributed by atoms with Crippen LogP contribution in [0.15, 0.2) is 30.3 Å². The molecule has 174 valence electrons. The number of amides is 1. The van der Waals surface area contributed by atoms with E-state index >= 15 is 0 Å². The lowest BCUT2D eigenvalue weighted by molar-refractivity contribution is -0.136. The number of carbonyl (C=O) groups is 1. The quantitative estimate of drug-likeness (QED) is 0.600. The molecule has 2 aromatic rings. The Hall–Kier alpha value is -2.74. The molecule has 0 unspecified atom stereocenters. The average Bonchev–Trinajstić information content (AvgIpc) is 3.10. The van der Waals surface area contributed by atoms with Crippen molar-refractivity contribution in [2.45, 2.75) is 39.8 Å². The van der Waals surface area contributed by atoms with Crippen LogP contribution in [0.25, 0.3) is 0 Å². The highest BCUT2D eigenvalue weighted by molar-refractivity contribution is 7.91. The molecular weight excluding hydrogens is 430 g/mol. The molecule has 0 saturated carbocycles. The summed E-state index contributed by atoms with van der Waals surface area (Å²) in [6.45, 7) is 6.01. The molecule has 8 heteroatoms. The molecule has 7 nitrogen and oxygen atoms in total. The Balaban J connectivity index is 1.82. The highest BCUT2D eigenvalue weighted by atomic mass is 32.2. The SMILES string of the molecule is COc1ccc(CN(C(=O)COc2c(C)cc(C)cc2C)[C@@H]2CCS(=O)(=O)C2)cc1OC. The van der Waals surface area contributed by atoms with Gasteiger partial charge < -0.3 is 19.1 Å². The third-order valence-corrected chi connectivity index (χ3v) is 7.47. The van der Waals surface area contributed by atoms with Gasteiger partial charge in [0.2, 0.25) is 0 Å². The highest BCUT2D eigenvalue weighted by Crippen LogP contribution is 2.30. The lowest BCUT2D eigenvalue weighted by atomic mass is 10.1. The maximum atomic E-state index is 13.2. The van der Waals surface area contributed by atoms with E-state index in [1.165, 1.54) is 0 Å². The monoisotopic (exact) mass is 461 g/mol. The molecule has 0 bridgehead atoms. The zero-order valence-electron chi connectivity index (χ0n) is 19.3. The van der Waals surface area contributed by atoms with Crippen LogP contribution in [0.5, 0.6) is 17.2 Å². The van der Waals surface area contributed by atoms with E-state index in [0.717, 1.165) is 22.3 Å². The van der Waals surface area contributed by atoms with Crippen molar-refractivity contribution < 1.29 is 27.4 Å². The van der Waals surface area contributed by atoms with Crippen molar-refractivity contribution >= 4 is 15.7 Å². The van der Waals surface area contributed by atoms with Gasteiger partial charge in [-0.1, -0.05) is 23.8 Å². The van der Waals surface area contributed by atoms with E-state index in [4.69, 9.17) is 14.2 Å². The summed E-state index contributed by atoms with van der Waals surface area (Å²) in [5.74, 6) is 1.64. The normalized spacial score (nSPS) is 17.1. The molecule has 1 aliphatic rings. The van der Waals surface area contributed by atoms with Crippen molar-refractivity contribution in [1.29, 1.82) is 0 Å². The summed E-state index contributed by atoms with van der Waals surface area (Å²) in [6, 6.07) is 9.06. The lowest BCUT2D eigenvalue weighted by Gasteiger charge is -2.29.